The number of fused-ring (bicyclic) bond motifs is 1. The van der Waals surface area contributed by atoms with Crippen LogP contribution in [0.4, 0.5) is 5.13 Å². The molecule has 0 unspecified atom stereocenters. The minimum Gasteiger partial charge on any atom is -0.493 e. The molecule has 3 rings (SSSR count). The van der Waals surface area contributed by atoms with Crippen LogP contribution < -0.4 is 10.1 Å². The van der Waals surface area contributed by atoms with Crippen LogP contribution in [0.1, 0.15) is 6.42 Å². The fourth-order valence-corrected chi connectivity index (χ4v) is 3.93. The quantitative estimate of drug-likeness (QED) is 0.668. The van der Waals surface area contributed by atoms with Crippen LogP contribution in [0.3, 0.4) is 0 Å². The number of ether oxygens (including phenoxy) is 1. The normalized spacial score (nSPS) is 11.5. The van der Waals surface area contributed by atoms with Crippen LogP contribution in [0.15, 0.2) is 47.4 Å². The molecule has 9 heteroatoms. The first-order chi connectivity index (χ1) is 12.3. The number of nitrogens with one attached hydrogen (secondary N) is 1. The molecule has 0 radical (unpaired) electrons. The third-order valence-corrected chi connectivity index (χ3v) is 5.74. The number of rotatable bonds is 6. The third-order valence-electron chi connectivity index (χ3n) is 3.45. The van der Waals surface area contributed by atoms with Crippen LogP contribution in [-0.4, -0.2) is 32.2 Å². The molecule has 0 bridgehead atoms. The Morgan fingerprint density at radius 2 is 1.96 bits per heavy atom. The molecular formula is C17H15ClN2O4S2. The van der Waals surface area contributed by atoms with E-state index in [1.54, 1.807) is 36.4 Å². The SMILES string of the molecule is CS(=O)(=O)c1ccc2nc(NC(=O)CCOc3ccc(Cl)cc3)sc2c1. The van der Waals surface area contributed by atoms with E-state index in [0.717, 1.165) is 6.26 Å². The fraction of sp³-hybridized carbons (Fsp3) is 0.176. The summed E-state index contributed by atoms with van der Waals surface area (Å²) in [5.41, 5.74) is 0.634. The highest BCUT2D eigenvalue weighted by molar-refractivity contribution is 7.90. The minimum atomic E-state index is -3.28. The van der Waals surface area contributed by atoms with Gasteiger partial charge in [-0.25, -0.2) is 13.4 Å². The molecule has 0 aliphatic rings. The monoisotopic (exact) mass is 410 g/mol. The molecule has 0 saturated carbocycles. The number of benzene rings is 2. The first kappa shape index (κ1) is 18.6. The smallest absolute Gasteiger partial charge is 0.229 e. The van der Waals surface area contributed by atoms with E-state index in [0.29, 0.717) is 26.1 Å². The van der Waals surface area contributed by atoms with Crippen molar-refractivity contribution in [3.05, 3.63) is 47.5 Å². The number of hydrogen-bond donors (Lipinski definition) is 1. The van der Waals surface area contributed by atoms with Gasteiger partial charge in [-0.3, -0.25) is 4.79 Å². The van der Waals surface area contributed by atoms with Gasteiger partial charge in [0.1, 0.15) is 5.75 Å². The van der Waals surface area contributed by atoms with Crippen molar-refractivity contribution < 1.29 is 17.9 Å². The van der Waals surface area contributed by atoms with Gasteiger partial charge in [-0.15, -0.1) is 0 Å². The van der Waals surface area contributed by atoms with Crippen LogP contribution in [0, 0.1) is 0 Å². The summed E-state index contributed by atoms with van der Waals surface area (Å²) >= 11 is 7.02. The molecule has 2 aromatic carbocycles. The van der Waals surface area contributed by atoms with Crippen LogP contribution in [0.5, 0.6) is 5.75 Å². The number of sulfone groups is 1. The van der Waals surface area contributed by atoms with Gasteiger partial charge in [0.2, 0.25) is 5.91 Å². The Kier molecular flexibility index (Phi) is 5.45. The lowest BCUT2D eigenvalue weighted by Crippen LogP contribution is -2.14. The summed E-state index contributed by atoms with van der Waals surface area (Å²) in [6.45, 7) is 0.219. The fourth-order valence-electron chi connectivity index (χ4n) is 2.16. The molecule has 1 heterocycles. The van der Waals surface area contributed by atoms with Crippen LogP contribution in [0.25, 0.3) is 10.2 Å². The maximum Gasteiger partial charge on any atom is 0.229 e. The maximum absolute atomic E-state index is 12.0. The Bertz CT molecular complexity index is 1050. The van der Waals surface area contributed by atoms with Gasteiger partial charge in [0.15, 0.2) is 15.0 Å². The second-order valence-electron chi connectivity index (χ2n) is 5.52. The minimum absolute atomic E-state index is 0.160. The number of thiazole rings is 1. The molecule has 0 atom stereocenters. The zero-order valence-electron chi connectivity index (χ0n) is 13.7. The van der Waals surface area contributed by atoms with Gasteiger partial charge in [0.25, 0.3) is 0 Å². The van der Waals surface area contributed by atoms with Crippen LogP contribution in [0.2, 0.25) is 5.02 Å². The van der Waals surface area contributed by atoms with Gasteiger partial charge in [0.05, 0.1) is 28.1 Å². The van der Waals surface area contributed by atoms with Gasteiger partial charge >= 0.3 is 0 Å². The van der Waals surface area contributed by atoms with E-state index in [1.165, 1.54) is 17.4 Å². The molecule has 0 aliphatic carbocycles. The molecule has 0 aliphatic heterocycles. The van der Waals surface area contributed by atoms with E-state index >= 15 is 0 Å². The average molecular weight is 411 g/mol. The highest BCUT2D eigenvalue weighted by Crippen LogP contribution is 2.28. The van der Waals surface area contributed by atoms with Crippen molar-refractivity contribution in [3.63, 3.8) is 0 Å². The van der Waals surface area contributed by atoms with Crippen molar-refractivity contribution in [2.24, 2.45) is 0 Å². The molecule has 0 spiro atoms. The summed E-state index contributed by atoms with van der Waals surface area (Å²) in [6.07, 6.45) is 1.31. The number of nitrogens with zero attached hydrogens (tertiary/aromatic N) is 1. The molecule has 6 nitrogen and oxygen atoms in total. The molecule has 1 aromatic heterocycles. The van der Waals surface area contributed by atoms with E-state index in [2.05, 4.69) is 10.3 Å². The topological polar surface area (TPSA) is 85.4 Å². The van der Waals surface area contributed by atoms with E-state index in [4.69, 9.17) is 16.3 Å². The first-order valence-corrected chi connectivity index (χ1v) is 10.7. The predicted octanol–water partition coefficient (Wildman–Crippen LogP) is 3.76. The zero-order chi connectivity index (χ0) is 18.7. The predicted molar refractivity (Wildman–Crippen MR) is 103 cm³/mol. The number of hydrogen-bond acceptors (Lipinski definition) is 6. The summed E-state index contributed by atoms with van der Waals surface area (Å²) in [5, 5.41) is 3.74. The number of carbonyl (C=O) groups is 1. The van der Waals surface area contributed by atoms with E-state index in [1.807, 2.05) is 0 Å². The molecule has 3 aromatic rings. The number of aromatic nitrogens is 1. The number of amides is 1. The average Bonchev–Trinajstić information content (AvgIpc) is 2.97. The van der Waals surface area contributed by atoms with E-state index in [-0.39, 0.29) is 23.8 Å². The second-order valence-corrected chi connectivity index (χ2v) is 9.00. The summed E-state index contributed by atoms with van der Waals surface area (Å²) in [6, 6.07) is 11.6. The van der Waals surface area contributed by atoms with E-state index in [9.17, 15) is 13.2 Å². The second kappa shape index (κ2) is 7.61. The maximum atomic E-state index is 12.0. The molecule has 0 fully saturated rings. The Labute approximate surface area is 159 Å². The highest BCUT2D eigenvalue weighted by Gasteiger charge is 2.12. The number of halogens is 1. The van der Waals surface area contributed by atoms with E-state index < -0.39 is 9.84 Å². The molecular weight excluding hydrogens is 396 g/mol. The third kappa shape index (κ3) is 4.72. The van der Waals surface area contributed by atoms with Crippen LogP contribution >= 0.6 is 22.9 Å². The lowest BCUT2D eigenvalue weighted by atomic mass is 10.3. The Balaban J connectivity index is 1.59. The van der Waals surface area contributed by atoms with Gasteiger partial charge in [-0.1, -0.05) is 22.9 Å². The van der Waals surface area contributed by atoms with Crippen molar-refractivity contribution in [1.82, 2.24) is 4.98 Å². The molecule has 26 heavy (non-hydrogen) atoms. The molecule has 1 amide bonds. The highest BCUT2D eigenvalue weighted by atomic mass is 35.5. The summed E-state index contributed by atoms with van der Waals surface area (Å²) in [4.78, 5) is 16.5. The summed E-state index contributed by atoms with van der Waals surface area (Å²) in [7, 11) is -3.28. The van der Waals surface area contributed by atoms with Crippen molar-refractivity contribution >= 4 is 54.0 Å². The largest absolute Gasteiger partial charge is 0.493 e. The lowest BCUT2D eigenvalue weighted by molar-refractivity contribution is -0.116. The molecule has 0 saturated heterocycles. The van der Waals surface area contributed by atoms with Gasteiger partial charge in [-0.2, -0.15) is 0 Å². The Morgan fingerprint density at radius 1 is 1.23 bits per heavy atom. The molecule has 136 valence electrons. The lowest BCUT2D eigenvalue weighted by Gasteiger charge is -2.05. The summed E-state index contributed by atoms with van der Waals surface area (Å²) < 4.78 is 29.4. The van der Waals surface area contributed by atoms with Crippen molar-refractivity contribution in [3.8, 4) is 5.75 Å². The summed E-state index contributed by atoms with van der Waals surface area (Å²) in [5.74, 6) is 0.400. The van der Waals surface area contributed by atoms with Crippen LogP contribution in [-0.2, 0) is 14.6 Å². The molecule has 1 N–H and O–H groups in total. The Morgan fingerprint density at radius 3 is 2.65 bits per heavy atom. The zero-order valence-corrected chi connectivity index (χ0v) is 16.1. The van der Waals surface area contributed by atoms with Crippen molar-refractivity contribution in [1.29, 1.82) is 0 Å². The Hall–Kier alpha value is -2.16. The van der Waals surface area contributed by atoms with Gasteiger partial charge in [-0.05, 0) is 42.5 Å². The first-order valence-electron chi connectivity index (χ1n) is 7.60. The van der Waals surface area contributed by atoms with Gasteiger partial charge in [0, 0.05) is 11.3 Å². The number of anilines is 1. The van der Waals surface area contributed by atoms with Crippen molar-refractivity contribution in [2.45, 2.75) is 11.3 Å². The number of carbonyl (C=O) groups excluding carboxylic acids is 1. The standard InChI is InChI=1S/C17H15ClN2O4S2/c1-26(22,23)13-6-7-14-15(10-13)25-17(19-14)20-16(21)8-9-24-12-4-2-11(18)3-5-12/h2-7,10H,8-9H2,1H3,(H,19,20,21). The van der Waals surface area contributed by atoms with Crippen molar-refractivity contribution in [2.75, 3.05) is 18.2 Å². The van der Waals surface area contributed by atoms with Gasteiger partial charge < -0.3 is 10.1 Å².